The van der Waals surface area contributed by atoms with Crippen molar-refractivity contribution in [3.63, 3.8) is 0 Å². The van der Waals surface area contributed by atoms with Crippen LogP contribution in [0.2, 0.25) is 0 Å². The first-order chi connectivity index (χ1) is 29.5. The van der Waals surface area contributed by atoms with E-state index in [1.165, 1.54) is 54.9 Å². The van der Waals surface area contributed by atoms with Crippen LogP contribution >= 0.6 is 0 Å². The Kier molecular flexibility index (Phi) is 17.3. The third kappa shape index (κ3) is 14.1. The van der Waals surface area contributed by atoms with Crippen LogP contribution in [0.15, 0.2) is 48.8 Å². The lowest BCUT2D eigenvalue weighted by Crippen LogP contribution is -2.37. The number of benzene rings is 2. The van der Waals surface area contributed by atoms with Gasteiger partial charge in [-0.15, -0.1) is 0 Å². The van der Waals surface area contributed by atoms with Gasteiger partial charge in [0, 0.05) is 72.5 Å². The van der Waals surface area contributed by atoms with Crippen molar-refractivity contribution in [2.45, 2.75) is 74.0 Å². The van der Waals surface area contributed by atoms with Gasteiger partial charge in [0.25, 0.3) is 17.7 Å². The van der Waals surface area contributed by atoms with E-state index in [1.54, 1.807) is 40.7 Å². The summed E-state index contributed by atoms with van der Waals surface area (Å²) in [6.45, 7) is 15.4. The van der Waals surface area contributed by atoms with Crippen molar-refractivity contribution in [1.82, 2.24) is 25.9 Å². The van der Waals surface area contributed by atoms with Crippen LogP contribution in [0, 0.1) is 25.5 Å². The molecule has 10 N–H and O–H groups in total. The van der Waals surface area contributed by atoms with Gasteiger partial charge in [-0.3, -0.25) is 14.4 Å². The molecule has 0 radical (unpaired) electrons. The number of amides is 5. The maximum absolute atomic E-state index is 13.6. The summed E-state index contributed by atoms with van der Waals surface area (Å²) in [5.74, 6) is -2.94. The molecular formula is C45H56F2N8O9. The summed E-state index contributed by atoms with van der Waals surface area (Å²) in [5.41, 5.74) is 9.55. The number of carboxylic acid groups (broad SMARTS) is 1. The lowest BCUT2D eigenvalue weighted by Gasteiger charge is -2.19. The standard InChI is InChI=1S/C22H25FN4O4.C15H11FN2O3.C7H16N2O2.CH4/c1-12-16(19(28)24-7-8-25-21(30)31-22(2,3)4)11-26-18(12)10-15-14-9-13(23)5-6-17(14)27-20(15)29;1-7-11(15(20)21)6-17-13(7)5-10-9-4-8(16)2-3-12(9)18-14(10)19;1-7(2,3)11-6(10)9-5-4-8;/h5-6,9-11,26H,7-8H2,1-4H3,(H,24,28)(H,25,30)(H,27,29);2-6,17H,1H3,(H,18,19)(H,20,21);4-5,8H2,1-3H3,(H,9,10);1H4/b15-10-;10-5-;;. The number of H-pyrrole nitrogens is 2. The molecule has 0 saturated heterocycles. The Morgan fingerprint density at radius 1 is 0.688 bits per heavy atom. The lowest BCUT2D eigenvalue weighted by molar-refractivity contribution is -0.111. The molecule has 0 saturated carbocycles. The minimum Gasteiger partial charge on any atom is -0.478 e. The fourth-order valence-corrected chi connectivity index (χ4v) is 5.92. The van der Waals surface area contributed by atoms with Crippen molar-refractivity contribution >= 4 is 70.6 Å². The smallest absolute Gasteiger partial charge is 0.407 e. The van der Waals surface area contributed by atoms with Gasteiger partial charge in [0.05, 0.1) is 22.3 Å². The van der Waals surface area contributed by atoms with Gasteiger partial charge in [-0.2, -0.15) is 0 Å². The van der Waals surface area contributed by atoms with E-state index in [0.717, 1.165) is 0 Å². The molecule has 2 aliphatic rings. The number of nitrogens with one attached hydrogen (secondary N) is 7. The zero-order valence-electron chi connectivity index (χ0n) is 36.1. The second-order valence-corrected chi connectivity index (χ2v) is 16.1. The third-order valence-electron chi connectivity index (χ3n) is 8.83. The van der Waals surface area contributed by atoms with Crippen LogP contribution in [0.5, 0.6) is 0 Å². The quantitative estimate of drug-likeness (QED) is 0.0616. The predicted molar refractivity (Wildman–Crippen MR) is 240 cm³/mol. The second kappa shape index (κ2) is 21.7. The number of anilines is 2. The molecule has 0 bridgehead atoms. The van der Waals surface area contributed by atoms with Gasteiger partial charge >= 0.3 is 18.2 Å². The first-order valence-electron chi connectivity index (χ1n) is 19.6. The number of aromatic carboxylic acids is 1. The molecule has 0 fully saturated rings. The SMILES string of the molecule is C.CC(C)(C)OC(=O)NCCN.Cc1c(C(=O)NCCNC(=O)OC(C)(C)C)c[nH]c1/C=C1\C(=O)Nc2ccc(F)cc21.Cc1c(C(=O)O)c[nH]c1/C=C1\C(=O)Nc2ccc(F)cc21. The van der Waals surface area contributed by atoms with E-state index in [-0.39, 0.29) is 43.8 Å². The number of carbonyl (C=O) groups is 6. The molecule has 17 nitrogen and oxygen atoms in total. The van der Waals surface area contributed by atoms with E-state index >= 15 is 0 Å². The van der Waals surface area contributed by atoms with E-state index in [2.05, 4.69) is 36.6 Å². The van der Waals surface area contributed by atoms with Gasteiger partial charge < -0.3 is 56.9 Å². The molecule has 344 valence electrons. The fraction of sp³-hybridized carbons (Fsp3) is 0.333. The Balaban J connectivity index is 0.000000284. The lowest BCUT2D eigenvalue weighted by atomic mass is 10.0. The third-order valence-corrected chi connectivity index (χ3v) is 8.83. The van der Waals surface area contributed by atoms with Gasteiger partial charge in [-0.05, 0) is 115 Å². The number of aromatic nitrogens is 2. The Hall–Kier alpha value is -7.28. The van der Waals surface area contributed by atoms with Crippen molar-refractivity contribution in [2.75, 3.05) is 36.8 Å². The number of nitrogens with two attached hydrogens (primary N) is 1. The van der Waals surface area contributed by atoms with E-state index in [0.29, 0.717) is 74.8 Å². The topological polar surface area (TPSA) is 259 Å². The molecular weight excluding hydrogens is 835 g/mol. The monoisotopic (exact) mass is 890 g/mol. The van der Waals surface area contributed by atoms with Crippen molar-refractivity contribution in [3.05, 3.63) is 105 Å². The van der Waals surface area contributed by atoms with Gasteiger partial charge in [-0.25, -0.2) is 23.2 Å². The summed E-state index contributed by atoms with van der Waals surface area (Å²) < 4.78 is 37.0. The van der Waals surface area contributed by atoms with Crippen LogP contribution in [0.4, 0.5) is 29.7 Å². The average Bonchev–Trinajstić information content (AvgIpc) is 3.91. The van der Waals surface area contributed by atoms with Crippen LogP contribution in [-0.4, -0.2) is 88.3 Å². The molecule has 6 rings (SSSR count). The molecule has 64 heavy (non-hydrogen) atoms. The van der Waals surface area contributed by atoms with E-state index in [4.69, 9.17) is 20.3 Å². The average molecular weight is 891 g/mol. The van der Waals surface area contributed by atoms with E-state index in [9.17, 15) is 37.5 Å². The molecule has 19 heteroatoms. The zero-order chi connectivity index (χ0) is 46.8. The number of halogens is 2. The number of carbonyl (C=O) groups excluding carboxylic acids is 5. The highest BCUT2D eigenvalue weighted by molar-refractivity contribution is 6.35. The molecule has 2 aromatic carbocycles. The molecule has 2 aliphatic heterocycles. The minimum atomic E-state index is -1.05. The summed E-state index contributed by atoms with van der Waals surface area (Å²) in [7, 11) is 0. The largest absolute Gasteiger partial charge is 0.478 e. The van der Waals surface area contributed by atoms with Crippen molar-refractivity contribution in [3.8, 4) is 0 Å². The minimum absolute atomic E-state index is 0. The van der Waals surface area contributed by atoms with E-state index < -0.39 is 41.0 Å². The number of aromatic amines is 2. The molecule has 4 heterocycles. The first-order valence-corrected chi connectivity index (χ1v) is 19.6. The summed E-state index contributed by atoms with van der Waals surface area (Å²) in [5, 5.41) is 22.1. The highest BCUT2D eigenvalue weighted by Gasteiger charge is 2.27. The van der Waals surface area contributed by atoms with Gasteiger partial charge in [0.15, 0.2) is 0 Å². The summed E-state index contributed by atoms with van der Waals surface area (Å²) >= 11 is 0. The fourth-order valence-electron chi connectivity index (χ4n) is 5.92. The number of alkyl carbamates (subject to hydrolysis) is 2. The highest BCUT2D eigenvalue weighted by Crippen LogP contribution is 2.35. The number of fused-ring (bicyclic) bond motifs is 2. The van der Waals surface area contributed by atoms with Crippen LogP contribution in [0.1, 0.15) is 103 Å². The summed E-state index contributed by atoms with van der Waals surface area (Å²) in [6, 6.07) is 8.12. The molecule has 4 aromatic rings. The van der Waals surface area contributed by atoms with Crippen molar-refractivity contribution in [1.29, 1.82) is 0 Å². The second-order valence-electron chi connectivity index (χ2n) is 16.1. The molecule has 0 aliphatic carbocycles. The predicted octanol–water partition coefficient (Wildman–Crippen LogP) is 6.97. The van der Waals surface area contributed by atoms with Crippen LogP contribution < -0.4 is 32.3 Å². The van der Waals surface area contributed by atoms with Crippen LogP contribution in [-0.2, 0) is 19.1 Å². The Labute approximate surface area is 369 Å². The van der Waals surface area contributed by atoms with Crippen LogP contribution in [0.25, 0.3) is 23.3 Å². The van der Waals surface area contributed by atoms with Crippen molar-refractivity contribution < 1.29 is 52.1 Å². The van der Waals surface area contributed by atoms with Gasteiger partial charge in [0.2, 0.25) is 0 Å². The summed E-state index contributed by atoms with van der Waals surface area (Å²) in [4.78, 5) is 76.0. The zero-order valence-corrected chi connectivity index (χ0v) is 36.1. The first kappa shape index (κ1) is 51.1. The maximum atomic E-state index is 13.6. The molecule has 5 amide bonds. The highest BCUT2D eigenvalue weighted by atomic mass is 19.1. The number of rotatable bonds is 9. The molecule has 0 spiro atoms. The number of hydrogen-bond acceptors (Lipinski definition) is 9. The number of hydrogen-bond donors (Lipinski definition) is 9. The molecule has 0 atom stereocenters. The maximum Gasteiger partial charge on any atom is 0.407 e. The Morgan fingerprint density at radius 2 is 1.09 bits per heavy atom. The number of carboxylic acids is 1. The molecule has 0 unspecified atom stereocenters. The van der Waals surface area contributed by atoms with Gasteiger partial charge in [0.1, 0.15) is 22.8 Å². The summed E-state index contributed by atoms with van der Waals surface area (Å²) in [6.07, 6.45) is 5.06. The normalized spacial score (nSPS) is 13.7. The Morgan fingerprint density at radius 3 is 1.50 bits per heavy atom. The Bertz CT molecular complexity index is 2460. The van der Waals surface area contributed by atoms with E-state index in [1.807, 2.05) is 20.8 Å². The van der Waals surface area contributed by atoms with Gasteiger partial charge in [-0.1, -0.05) is 7.43 Å². The molecule has 2 aromatic heterocycles. The number of ether oxygens (including phenoxy) is 2. The van der Waals surface area contributed by atoms with Crippen LogP contribution in [0.3, 0.4) is 0 Å². The van der Waals surface area contributed by atoms with Crippen molar-refractivity contribution in [2.24, 2.45) is 5.73 Å².